The summed E-state index contributed by atoms with van der Waals surface area (Å²) in [6.45, 7) is 8.79. The first-order chi connectivity index (χ1) is 7.00. The molecule has 0 aromatic heterocycles. The maximum Gasteiger partial charge on any atom is 0.0636 e. The van der Waals surface area contributed by atoms with Gasteiger partial charge in [-0.15, -0.1) is 0 Å². The Morgan fingerprint density at radius 1 is 1.20 bits per heavy atom. The number of hydrogen-bond donors (Lipinski definition) is 2. The fourth-order valence-electron chi connectivity index (χ4n) is 1.50. The van der Waals surface area contributed by atoms with Gasteiger partial charge >= 0.3 is 0 Å². The Morgan fingerprint density at radius 3 is 2.40 bits per heavy atom. The molecule has 15 heavy (non-hydrogen) atoms. The van der Waals surface area contributed by atoms with Crippen molar-refractivity contribution in [2.45, 2.75) is 39.8 Å². The van der Waals surface area contributed by atoms with E-state index in [-0.39, 0.29) is 6.10 Å². The first-order valence-corrected chi connectivity index (χ1v) is 5.49. The van der Waals surface area contributed by atoms with E-state index in [1.54, 1.807) is 6.92 Å². The Bertz CT molecular complexity index is 320. The van der Waals surface area contributed by atoms with Crippen molar-refractivity contribution in [1.82, 2.24) is 5.32 Å². The van der Waals surface area contributed by atoms with E-state index in [9.17, 15) is 5.11 Å². The van der Waals surface area contributed by atoms with E-state index in [1.807, 2.05) is 0 Å². The van der Waals surface area contributed by atoms with Crippen LogP contribution in [0.2, 0.25) is 0 Å². The summed E-state index contributed by atoms with van der Waals surface area (Å²) < 4.78 is 0. The van der Waals surface area contributed by atoms with Crippen molar-refractivity contribution in [3.05, 3.63) is 34.9 Å². The zero-order chi connectivity index (χ0) is 11.4. The predicted molar refractivity (Wildman–Crippen MR) is 64.0 cm³/mol. The van der Waals surface area contributed by atoms with Crippen molar-refractivity contribution in [3.8, 4) is 0 Å². The van der Waals surface area contributed by atoms with Crippen LogP contribution in [0.3, 0.4) is 0 Å². The molecule has 0 fully saturated rings. The Kier molecular flexibility index (Phi) is 4.30. The Morgan fingerprint density at radius 2 is 1.87 bits per heavy atom. The van der Waals surface area contributed by atoms with Gasteiger partial charge in [0.15, 0.2) is 0 Å². The molecule has 2 nitrogen and oxygen atoms in total. The highest BCUT2D eigenvalue weighted by molar-refractivity contribution is 5.31. The van der Waals surface area contributed by atoms with Gasteiger partial charge in [0.05, 0.1) is 6.10 Å². The van der Waals surface area contributed by atoms with Crippen LogP contribution >= 0.6 is 0 Å². The third-order valence-corrected chi connectivity index (χ3v) is 2.75. The van der Waals surface area contributed by atoms with Gasteiger partial charge in [0.25, 0.3) is 0 Å². The molecule has 1 rings (SSSR count). The summed E-state index contributed by atoms with van der Waals surface area (Å²) in [4.78, 5) is 0. The summed E-state index contributed by atoms with van der Waals surface area (Å²) in [7, 11) is 0. The highest BCUT2D eigenvalue weighted by atomic mass is 16.3. The van der Waals surface area contributed by atoms with Crippen molar-refractivity contribution < 1.29 is 5.11 Å². The molecule has 0 saturated heterocycles. The molecule has 2 heteroatoms. The molecule has 0 unspecified atom stereocenters. The van der Waals surface area contributed by atoms with Crippen LogP contribution in [-0.4, -0.2) is 17.8 Å². The number of aryl methyl sites for hydroxylation is 2. The second-order valence-electron chi connectivity index (χ2n) is 4.32. The number of nitrogens with one attached hydrogen (secondary N) is 1. The fourth-order valence-corrected chi connectivity index (χ4v) is 1.50. The highest BCUT2D eigenvalue weighted by Crippen LogP contribution is 2.16. The average Bonchev–Trinajstić information content (AvgIpc) is 2.18. The molecule has 2 atom stereocenters. The van der Waals surface area contributed by atoms with Crippen LogP contribution in [0.5, 0.6) is 0 Å². The topological polar surface area (TPSA) is 32.3 Å². The summed E-state index contributed by atoms with van der Waals surface area (Å²) >= 11 is 0. The summed E-state index contributed by atoms with van der Waals surface area (Å²) in [6, 6.07) is 6.78. The predicted octanol–water partition coefficient (Wildman–Crippen LogP) is 2.33. The van der Waals surface area contributed by atoms with Crippen LogP contribution in [0.25, 0.3) is 0 Å². The second-order valence-corrected chi connectivity index (χ2v) is 4.32. The Hall–Kier alpha value is -0.860. The van der Waals surface area contributed by atoms with Crippen molar-refractivity contribution in [3.63, 3.8) is 0 Å². The normalized spacial score (nSPS) is 15.0. The molecular formula is C13H21NO. The third kappa shape index (κ3) is 3.65. The quantitative estimate of drug-likeness (QED) is 0.794. The summed E-state index contributed by atoms with van der Waals surface area (Å²) in [5.41, 5.74) is 3.92. The van der Waals surface area contributed by atoms with Gasteiger partial charge in [-0.2, -0.15) is 0 Å². The van der Waals surface area contributed by atoms with Gasteiger partial charge in [0.2, 0.25) is 0 Å². The lowest BCUT2D eigenvalue weighted by Gasteiger charge is -2.16. The zero-order valence-electron chi connectivity index (χ0n) is 10.0. The number of rotatable bonds is 4. The standard InChI is InChI=1S/C13H21NO/c1-9-5-6-13(7-10(9)2)12(4)14-8-11(3)15/h5-7,11-12,14-15H,8H2,1-4H3/t11-,12-/m0/s1. The monoisotopic (exact) mass is 207 g/mol. The molecule has 0 radical (unpaired) electrons. The van der Waals surface area contributed by atoms with Crippen molar-refractivity contribution in [2.75, 3.05) is 6.54 Å². The molecule has 0 saturated carbocycles. The molecule has 0 bridgehead atoms. The zero-order valence-corrected chi connectivity index (χ0v) is 10.0. The molecule has 1 aromatic rings. The fraction of sp³-hybridized carbons (Fsp3) is 0.538. The number of aliphatic hydroxyl groups excluding tert-OH is 1. The van der Waals surface area contributed by atoms with E-state index in [4.69, 9.17) is 0 Å². The maximum atomic E-state index is 9.18. The maximum absolute atomic E-state index is 9.18. The largest absolute Gasteiger partial charge is 0.392 e. The van der Waals surface area contributed by atoms with Crippen LogP contribution in [0, 0.1) is 13.8 Å². The first-order valence-electron chi connectivity index (χ1n) is 5.49. The van der Waals surface area contributed by atoms with Gasteiger partial charge in [0.1, 0.15) is 0 Å². The average molecular weight is 207 g/mol. The van der Waals surface area contributed by atoms with Gasteiger partial charge in [-0.1, -0.05) is 18.2 Å². The first kappa shape index (κ1) is 12.2. The molecule has 1 aromatic carbocycles. The Labute approximate surface area is 92.3 Å². The SMILES string of the molecule is Cc1ccc([C@H](C)NC[C@H](C)O)cc1C. The lowest BCUT2D eigenvalue weighted by Crippen LogP contribution is -2.27. The van der Waals surface area contributed by atoms with E-state index >= 15 is 0 Å². The lowest BCUT2D eigenvalue weighted by atomic mass is 10.0. The van der Waals surface area contributed by atoms with Gasteiger partial charge in [-0.25, -0.2) is 0 Å². The summed E-state index contributed by atoms with van der Waals surface area (Å²) in [5, 5.41) is 12.5. The van der Waals surface area contributed by atoms with Gasteiger partial charge < -0.3 is 10.4 Å². The molecule has 0 heterocycles. The summed E-state index contributed by atoms with van der Waals surface area (Å²) in [6.07, 6.45) is -0.293. The molecular weight excluding hydrogens is 186 g/mol. The van der Waals surface area contributed by atoms with Crippen LogP contribution < -0.4 is 5.32 Å². The number of benzene rings is 1. The van der Waals surface area contributed by atoms with Crippen molar-refractivity contribution in [1.29, 1.82) is 0 Å². The van der Waals surface area contributed by atoms with Gasteiger partial charge in [-0.05, 0) is 44.4 Å². The smallest absolute Gasteiger partial charge is 0.0636 e. The lowest BCUT2D eigenvalue weighted by molar-refractivity contribution is 0.187. The molecule has 84 valence electrons. The van der Waals surface area contributed by atoms with E-state index in [2.05, 4.69) is 44.3 Å². The number of aliphatic hydroxyl groups is 1. The molecule has 0 aliphatic heterocycles. The third-order valence-electron chi connectivity index (χ3n) is 2.75. The molecule has 0 aliphatic carbocycles. The van der Waals surface area contributed by atoms with Crippen LogP contribution in [0.4, 0.5) is 0 Å². The molecule has 2 N–H and O–H groups in total. The minimum atomic E-state index is -0.293. The van der Waals surface area contributed by atoms with Gasteiger partial charge in [0, 0.05) is 12.6 Å². The highest BCUT2D eigenvalue weighted by Gasteiger charge is 2.06. The Balaban J connectivity index is 2.65. The van der Waals surface area contributed by atoms with Crippen molar-refractivity contribution in [2.24, 2.45) is 0 Å². The molecule has 0 spiro atoms. The van der Waals surface area contributed by atoms with E-state index in [0.29, 0.717) is 12.6 Å². The van der Waals surface area contributed by atoms with E-state index < -0.39 is 0 Å². The molecule has 0 amide bonds. The van der Waals surface area contributed by atoms with E-state index in [1.165, 1.54) is 16.7 Å². The van der Waals surface area contributed by atoms with E-state index in [0.717, 1.165) is 0 Å². The van der Waals surface area contributed by atoms with Crippen molar-refractivity contribution >= 4 is 0 Å². The van der Waals surface area contributed by atoms with Crippen LogP contribution in [0.1, 0.15) is 36.6 Å². The minimum absolute atomic E-state index is 0.291. The van der Waals surface area contributed by atoms with Crippen LogP contribution in [-0.2, 0) is 0 Å². The summed E-state index contributed by atoms with van der Waals surface area (Å²) in [5.74, 6) is 0. The molecule has 0 aliphatic rings. The van der Waals surface area contributed by atoms with Gasteiger partial charge in [-0.3, -0.25) is 0 Å². The van der Waals surface area contributed by atoms with Crippen LogP contribution in [0.15, 0.2) is 18.2 Å². The number of hydrogen-bond acceptors (Lipinski definition) is 2. The second kappa shape index (κ2) is 5.29. The minimum Gasteiger partial charge on any atom is -0.392 e.